The maximum Gasteiger partial charge on any atom is 0.412 e. The Morgan fingerprint density at radius 3 is 2.29 bits per heavy atom. The highest BCUT2D eigenvalue weighted by atomic mass is 35.5. The first kappa shape index (κ1) is 23.8. The largest absolute Gasteiger partial charge is 0.442 e. The van der Waals surface area contributed by atoms with Crippen LogP contribution < -0.4 is 5.32 Å². The zero-order valence-electron chi connectivity index (χ0n) is 19.8. The second kappa shape index (κ2) is 9.59. The van der Waals surface area contributed by atoms with Crippen LogP contribution in [-0.2, 0) is 14.9 Å². The average Bonchev–Trinajstić information content (AvgIpc) is 3.43. The van der Waals surface area contributed by atoms with E-state index >= 15 is 0 Å². The van der Waals surface area contributed by atoms with E-state index in [1.165, 1.54) is 11.5 Å². The highest BCUT2D eigenvalue weighted by Gasteiger charge is 2.44. The zero-order valence-corrected chi connectivity index (χ0v) is 21.3. The second-order valence-corrected chi connectivity index (χ2v) is 10.6. The number of benzene rings is 2. The molecule has 0 spiro atoms. The molecule has 35 heavy (non-hydrogen) atoms. The van der Waals surface area contributed by atoms with E-state index in [0.717, 1.165) is 81.8 Å². The van der Waals surface area contributed by atoms with Gasteiger partial charge >= 0.3 is 6.09 Å². The first-order chi connectivity index (χ1) is 16.9. The molecule has 0 radical (unpaired) electrons. The van der Waals surface area contributed by atoms with Crippen LogP contribution in [0.3, 0.4) is 0 Å². The van der Waals surface area contributed by atoms with Crippen molar-refractivity contribution < 1.29 is 14.3 Å². The standard InChI is InChI=1S/C28H27ClN2O3S/c1-17-25(30-27(33)34-18(2)23-4-3-5-24(23)29)26(35-31-17)21-8-6-19(7-9-21)20-10-12-22(13-11-20)28(16-32)14-15-28/h6-13,16,18H,3-5,14-15H2,1-2H3,(H,30,33)/t18-/m1/s1. The first-order valence-electron chi connectivity index (χ1n) is 11.9. The van der Waals surface area contributed by atoms with Crippen LogP contribution in [0.5, 0.6) is 0 Å². The lowest BCUT2D eigenvalue weighted by atomic mass is 9.95. The van der Waals surface area contributed by atoms with Crippen molar-refractivity contribution in [2.45, 2.75) is 57.5 Å². The summed E-state index contributed by atoms with van der Waals surface area (Å²) in [7, 11) is 0. The number of allylic oxidation sites excluding steroid dienone is 1. The van der Waals surface area contributed by atoms with Crippen molar-refractivity contribution in [1.82, 2.24) is 4.37 Å². The number of amides is 1. The molecule has 1 amide bonds. The fourth-order valence-electron chi connectivity index (χ4n) is 4.65. The summed E-state index contributed by atoms with van der Waals surface area (Å²) in [6.45, 7) is 3.73. The number of nitrogens with zero attached hydrogens (tertiary/aromatic N) is 1. The maximum absolute atomic E-state index is 12.6. The smallest absolute Gasteiger partial charge is 0.412 e. The molecule has 1 fully saturated rings. The topological polar surface area (TPSA) is 68.3 Å². The number of carbonyl (C=O) groups excluding carboxylic acids is 2. The van der Waals surface area contributed by atoms with Gasteiger partial charge in [0.25, 0.3) is 0 Å². The van der Waals surface area contributed by atoms with Crippen LogP contribution in [0.25, 0.3) is 21.6 Å². The molecular formula is C28H27ClN2O3S. The highest BCUT2D eigenvalue weighted by Crippen LogP contribution is 2.46. The number of carbonyl (C=O) groups is 2. The van der Waals surface area contributed by atoms with Gasteiger partial charge in [0.15, 0.2) is 0 Å². The van der Waals surface area contributed by atoms with E-state index in [0.29, 0.717) is 5.69 Å². The van der Waals surface area contributed by atoms with E-state index in [1.54, 1.807) is 0 Å². The molecule has 0 aliphatic heterocycles. The summed E-state index contributed by atoms with van der Waals surface area (Å²) < 4.78 is 10.1. The monoisotopic (exact) mass is 506 g/mol. The number of hydrogen-bond acceptors (Lipinski definition) is 5. The molecule has 1 saturated carbocycles. The molecule has 1 atom stereocenters. The van der Waals surface area contributed by atoms with Crippen molar-refractivity contribution in [2.75, 3.05) is 5.32 Å². The lowest BCUT2D eigenvalue weighted by molar-refractivity contribution is -0.109. The Hall–Kier alpha value is -2.96. The van der Waals surface area contributed by atoms with Crippen LogP contribution in [0.1, 0.15) is 50.3 Å². The minimum absolute atomic E-state index is 0.255. The van der Waals surface area contributed by atoms with E-state index in [4.69, 9.17) is 16.3 Å². The maximum atomic E-state index is 12.6. The van der Waals surface area contributed by atoms with Gasteiger partial charge in [-0.1, -0.05) is 60.1 Å². The van der Waals surface area contributed by atoms with Gasteiger partial charge in [-0.05, 0) is 85.3 Å². The SMILES string of the molecule is Cc1nsc(-c2ccc(-c3ccc(C4(C=O)CC4)cc3)cc2)c1NC(=O)O[C@H](C)C1=C(Cl)CCC1. The minimum atomic E-state index is -0.508. The summed E-state index contributed by atoms with van der Waals surface area (Å²) in [5.74, 6) is 0. The van der Waals surface area contributed by atoms with Crippen molar-refractivity contribution in [3.05, 3.63) is 70.4 Å². The summed E-state index contributed by atoms with van der Waals surface area (Å²) in [5.41, 5.74) is 6.41. The molecule has 1 aromatic heterocycles. The molecule has 0 unspecified atom stereocenters. The fraction of sp³-hybridized carbons (Fsp3) is 0.321. The van der Waals surface area contributed by atoms with Gasteiger partial charge in [0.1, 0.15) is 12.4 Å². The van der Waals surface area contributed by atoms with Gasteiger partial charge < -0.3 is 9.53 Å². The minimum Gasteiger partial charge on any atom is -0.442 e. The normalized spacial score (nSPS) is 17.2. The van der Waals surface area contributed by atoms with Crippen molar-refractivity contribution in [3.8, 4) is 21.6 Å². The van der Waals surface area contributed by atoms with E-state index in [2.05, 4.69) is 46.1 Å². The number of hydrogen-bond donors (Lipinski definition) is 1. The molecule has 5 rings (SSSR count). The predicted octanol–water partition coefficient (Wildman–Crippen LogP) is 7.63. The Morgan fingerprint density at radius 2 is 1.71 bits per heavy atom. The van der Waals surface area contributed by atoms with Crippen molar-refractivity contribution in [2.24, 2.45) is 0 Å². The molecule has 1 N–H and O–H groups in total. The lowest BCUT2D eigenvalue weighted by Crippen LogP contribution is -2.22. The lowest BCUT2D eigenvalue weighted by Gasteiger charge is -2.16. The number of anilines is 1. The van der Waals surface area contributed by atoms with Gasteiger partial charge in [-0.25, -0.2) is 4.79 Å². The van der Waals surface area contributed by atoms with Gasteiger partial charge in [-0.3, -0.25) is 5.32 Å². The van der Waals surface area contributed by atoms with Crippen LogP contribution in [0.15, 0.2) is 59.1 Å². The summed E-state index contributed by atoms with van der Waals surface area (Å²) >= 11 is 7.62. The van der Waals surface area contributed by atoms with E-state index in [9.17, 15) is 9.59 Å². The number of halogens is 1. The molecular weight excluding hydrogens is 480 g/mol. The molecule has 180 valence electrons. The Labute approximate surface area is 214 Å². The first-order valence-corrected chi connectivity index (χ1v) is 13.0. The van der Waals surface area contributed by atoms with Gasteiger partial charge in [0.05, 0.1) is 21.7 Å². The van der Waals surface area contributed by atoms with Gasteiger partial charge in [-0.2, -0.15) is 4.37 Å². The van der Waals surface area contributed by atoms with Crippen molar-refractivity contribution in [3.63, 3.8) is 0 Å². The number of rotatable bonds is 7. The number of aldehydes is 1. The van der Waals surface area contributed by atoms with Gasteiger partial charge in [0, 0.05) is 5.03 Å². The third-order valence-electron chi connectivity index (χ3n) is 7.01. The van der Waals surface area contributed by atoms with E-state index < -0.39 is 6.09 Å². The van der Waals surface area contributed by atoms with Crippen molar-refractivity contribution >= 4 is 41.2 Å². The Balaban J connectivity index is 1.30. The predicted molar refractivity (Wildman–Crippen MR) is 141 cm³/mol. The van der Waals surface area contributed by atoms with Crippen molar-refractivity contribution in [1.29, 1.82) is 0 Å². The molecule has 7 heteroatoms. The molecule has 1 heterocycles. The summed E-state index contributed by atoms with van der Waals surface area (Å²) in [4.78, 5) is 24.9. The van der Waals surface area contributed by atoms with Crippen LogP contribution >= 0.6 is 23.1 Å². The molecule has 2 aliphatic carbocycles. The average molecular weight is 507 g/mol. The Kier molecular flexibility index (Phi) is 6.51. The van der Waals surface area contributed by atoms with Gasteiger partial charge in [0.2, 0.25) is 0 Å². The molecule has 5 nitrogen and oxygen atoms in total. The number of aryl methyl sites for hydroxylation is 1. The molecule has 2 aromatic carbocycles. The van der Waals surface area contributed by atoms with Crippen LogP contribution in [0.2, 0.25) is 0 Å². The number of nitrogens with one attached hydrogen (secondary N) is 1. The zero-order chi connectivity index (χ0) is 24.6. The van der Waals surface area contributed by atoms with Crippen LogP contribution in [0.4, 0.5) is 10.5 Å². The summed E-state index contributed by atoms with van der Waals surface area (Å²) in [6, 6.07) is 16.4. The second-order valence-electron chi connectivity index (χ2n) is 9.36. The Morgan fingerprint density at radius 1 is 1.09 bits per heavy atom. The molecule has 2 aliphatic rings. The van der Waals surface area contributed by atoms with Crippen LogP contribution in [0, 0.1) is 6.92 Å². The number of aromatic nitrogens is 1. The third-order valence-corrected chi connectivity index (χ3v) is 8.43. The molecule has 0 bridgehead atoms. The quantitative estimate of drug-likeness (QED) is 0.334. The van der Waals surface area contributed by atoms with Crippen LogP contribution in [-0.4, -0.2) is 22.9 Å². The Bertz CT molecular complexity index is 1290. The number of ether oxygens (including phenoxy) is 1. The fourth-order valence-corrected chi connectivity index (χ4v) is 5.88. The van der Waals surface area contributed by atoms with E-state index in [1.807, 2.05) is 26.0 Å². The van der Waals surface area contributed by atoms with E-state index in [-0.39, 0.29) is 11.5 Å². The van der Waals surface area contributed by atoms with Gasteiger partial charge in [-0.15, -0.1) is 0 Å². The summed E-state index contributed by atoms with van der Waals surface area (Å²) in [6.07, 6.45) is 4.81. The summed E-state index contributed by atoms with van der Waals surface area (Å²) in [5, 5.41) is 3.71. The molecule has 0 saturated heterocycles. The highest BCUT2D eigenvalue weighted by molar-refractivity contribution is 7.10. The molecule has 3 aromatic rings. The third kappa shape index (κ3) is 4.78.